The third-order valence-electron chi connectivity index (χ3n) is 4.81. The van der Waals surface area contributed by atoms with Crippen molar-refractivity contribution in [2.24, 2.45) is 0 Å². The molecule has 0 fully saturated rings. The van der Waals surface area contributed by atoms with E-state index in [0.29, 0.717) is 5.56 Å². The first-order valence-electron chi connectivity index (χ1n) is 8.42. The van der Waals surface area contributed by atoms with Gasteiger partial charge in [-0.3, -0.25) is 4.79 Å². The zero-order valence-corrected chi connectivity index (χ0v) is 14.4. The number of carbonyl (C=O) groups is 1. The highest BCUT2D eigenvalue weighted by Crippen LogP contribution is 2.44. The van der Waals surface area contributed by atoms with Crippen molar-refractivity contribution in [3.8, 4) is 0 Å². The predicted octanol–water partition coefficient (Wildman–Crippen LogP) is 5.35. The van der Waals surface area contributed by atoms with E-state index in [-0.39, 0.29) is 17.9 Å². The molecule has 1 amide bonds. The molecule has 3 heteroatoms. The van der Waals surface area contributed by atoms with Crippen molar-refractivity contribution in [1.82, 2.24) is 5.32 Å². The van der Waals surface area contributed by atoms with Crippen molar-refractivity contribution in [3.63, 3.8) is 0 Å². The Hall–Kier alpha value is -2.58. The first-order valence-corrected chi connectivity index (χ1v) is 8.80. The fourth-order valence-electron chi connectivity index (χ4n) is 3.64. The van der Waals surface area contributed by atoms with Crippen molar-refractivity contribution < 1.29 is 4.79 Å². The highest BCUT2D eigenvalue weighted by molar-refractivity contribution is 6.30. The SMILES string of the molecule is O=C(N[C@@H]1C[C@@H](c2cccc(Cl)c2)c2ccccc21)c1ccccc1. The highest BCUT2D eigenvalue weighted by Gasteiger charge is 2.32. The van der Waals surface area contributed by atoms with Gasteiger partial charge in [-0.2, -0.15) is 0 Å². The summed E-state index contributed by atoms with van der Waals surface area (Å²) in [6, 6.07) is 25.7. The molecule has 3 aromatic carbocycles. The van der Waals surface area contributed by atoms with Crippen LogP contribution in [0.3, 0.4) is 0 Å². The molecule has 1 N–H and O–H groups in total. The first kappa shape index (κ1) is 15.9. The summed E-state index contributed by atoms with van der Waals surface area (Å²) in [6.45, 7) is 0. The van der Waals surface area contributed by atoms with Gasteiger partial charge in [0.2, 0.25) is 0 Å². The van der Waals surface area contributed by atoms with E-state index in [4.69, 9.17) is 11.6 Å². The lowest BCUT2D eigenvalue weighted by Crippen LogP contribution is -2.27. The maximum Gasteiger partial charge on any atom is 0.251 e. The van der Waals surface area contributed by atoms with Gasteiger partial charge in [-0.05, 0) is 47.4 Å². The molecule has 0 radical (unpaired) electrons. The second kappa shape index (κ2) is 6.73. The van der Waals surface area contributed by atoms with Crippen LogP contribution >= 0.6 is 11.6 Å². The Morgan fingerprint density at radius 1 is 0.880 bits per heavy atom. The molecule has 1 aliphatic rings. The van der Waals surface area contributed by atoms with Crippen LogP contribution in [-0.2, 0) is 0 Å². The summed E-state index contributed by atoms with van der Waals surface area (Å²) in [6.07, 6.45) is 0.845. The number of nitrogens with one attached hydrogen (secondary N) is 1. The number of carbonyl (C=O) groups excluding carboxylic acids is 1. The van der Waals surface area contributed by atoms with Crippen LogP contribution in [0.2, 0.25) is 5.02 Å². The van der Waals surface area contributed by atoms with Crippen molar-refractivity contribution in [1.29, 1.82) is 0 Å². The van der Waals surface area contributed by atoms with E-state index < -0.39 is 0 Å². The molecule has 2 nitrogen and oxygen atoms in total. The third-order valence-corrected chi connectivity index (χ3v) is 5.05. The van der Waals surface area contributed by atoms with Crippen LogP contribution in [0.15, 0.2) is 78.9 Å². The van der Waals surface area contributed by atoms with E-state index >= 15 is 0 Å². The predicted molar refractivity (Wildman–Crippen MR) is 101 cm³/mol. The number of amides is 1. The summed E-state index contributed by atoms with van der Waals surface area (Å²) in [4.78, 5) is 12.6. The molecule has 0 saturated heterocycles. The van der Waals surface area contributed by atoms with Gasteiger partial charge in [0.05, 0.1) is 6.04 Å². The third kappa shape index (κ3) is 3.18. The Morgan fingerprint density at radius 2 is 1.60 bits per heavy atom. The van der Waals surface area contributed by atoms with Crippen molar-refractivity contribution in [2.45, 2.75) is 18.4 Å². The Bertz CT molecular complexity index is 907. The second-order valence-electron chi connectivity index (χ2n) is 6.36. The number of benzene rings is 3. The Kier molecular flexibility index (Phi) is 4.29. The second-order valence-corrected chi connectivity index (χ2v) is 6.80. The molecule has 4 rings (SSSR count). The van der Waals surface area contributed by atoms with Crippen molar-refractivity contribution >= 4 is 17.5 Å². The van der Waals surface area contributed by atoms with E-state index in [1.165, 1.54) is 16.7 Å². The summed E-state index contributed by atoms with van der Waals surface area (Å²) < 4.78 is 0. The number of halogens is 1. The largest absolute Gasteiger partial charge is 0.345 e. The molecule has 1 aliphatic carbocycles. The van der Waals surface area contributed by atoms with Gasteiger partial charge in [0.1, 0.15) is 0 Å². The molecule has 3 aromatic rings. The molecule has 0 bridgehead atoms. The van der Waals surface area contributed by atoms with Gasteiger partial charge in [0, 0.05) is 16.5 Å². The summed E-state index contributed by atoms with van der Waals surface area (Å²) >= 11 is 6.18. The molecule has 0 spiro atoms. The van der Waals surface area contributed by atoms with Crippen LogP contribution in [0.5, 0.6) is 0 Å². The average Bonchev–Trinajstić information content (AvgIpc) is 3.01. The van der Waals surface area contributed by atoms with Crippen LogP contribution < -0.4 is 5.32 Å². The molecule has 0 aliphatic heterocycles. The molecule has 0 saturated carbocycles. The highest BCUT2D eigenvalue weighted by atomic mass is 35.5. The maximum absolute atomic E-state index is 12.6. The minimum absolute atomic E-state index is 0.00730. The van der Waals surface area contributed by atoms with Gasteiger partial charge in [-0.1, -0.05) is 66.2 Å². The van der Waals surface area contributed by atoms with Crippen LogP contribution in [0.25, 0.3) is 0 Å². The lowest BCUT2D eigenvalue weighted by atomic mass is 9.93. The number of hydrogen-bond donors (Lipinski definition) is 1. The molecule has 0 aromatic heterocycles. The van der Waals surface area contributed by atoms with Crippen molar-refractivity contribution in [2.75, 3.05) is 0 Å². The fourth-order valence-corrected chi connectivity index (χ4v) is 3.84. The normalized spacial score (nSPS) is 18.6. The zero-order chi connectivity index (χ0) is 17.2. The maximum atomic E-state index is 12.6. The Labute approximate surface area is 152 Å². The van der Waals surface area contributed by atoms with Gasteiger partial charge in [-0.25, -0.2) is 0 Å². The molecule has 25 heavy (non-hydrogen) atoms. The van der Waals surface area contributed by atoms with E-state index in [1.54, 1.807) is 0 Å². The number of fused-ring (bicyclic) bond motifs is 1. The Morgan fingerprint density at radius 3 is 2.36 bits per heavy atom. The number of rotatable bonds is 3. The van der Waals surface area contributed by atoms with Crippen LogP contribution in [0, 0.1) is 0 Å². The quantitative estimate of drug-likeness (QED) is 0.680. The van der Waals surface area contributed by atoms with E-state index in [2.05, 4.69) is 29.6 Å². The molecule has 124 valence electrons. The van der Waals surface area contributed by atoms with Crippen LogP contribution in [0.4, 0.5) is 0 Å². The summed E-state index contributed by atoms with van der Waals surface area (Å²) in [5.41, 5.74) is 4.34. The summed E-state index contributed by atoms with van der Waals surface area (Å²) in [5.74, 6) is 0.211. The lowest BCUT2D eigenvalue weighted by Gasteiger charge is -2.15. The molecular weight excluding hydrogens is 330 g/mol. The molecular formula is C22H18ClNO. The summed E-state index contributed by atoms with van der Waals surface area (Å²) in [7, 11) is 0. The monoisotopic (exact) mass is 347 g/mol. The number of hydrogen-bond acceptors (Lipinski definition) is 1. The van der Waals surface area contributed by atoms with Crippen LogP contribution in [0.1, 0.15) is 45.4 Å². The standard InChI is InChI=1S/C22H18ClNO/c23-17-10-6-9-16(13-17)20-14-21(19-12-5-4-11-18(19)20)24-22(25)15-7-2-1-3-8-15/h1-13,20-21H,14H2,(H,24,25)/t20-,21+/m0/s1. The van der Waals surface area contributed by atoms with Gasteiger partial charge in [-0.15, -0.1) is 0 Å². The van der Waals surface area contributed by atoms with Crippen LogP contribution in [-0.4, -0.2) is 5.91 Å². The minimum atomic E-state index is -0.0350. The van der Waals surface area contributed by atoms with E-state index in [1.807, 2.05) is 54.6 Å². The summed E-state index contributed by atoms with van der Waals surface area (Å²) in [5, 5.41) is 3.94. The molecule has 0 heterocycles. The van der Waals surface area contributed by atoms with Gasteiger partial charge in [0.15, 0.2) is 0 Å². The van der Waals surface area contributed by atoms with Crippen molar-refractivity contribution in [3.05, 3.63) is 106 Å². The van der Waals surface area contributed by atoms with E-state index in [9.17, 15) is 4.79 Å². The fraction of sp³-hybridized carbons (Fsp3) is 0.136. The first-order chi connectivity index (χ1) is 12.2. The Balaban J connectivity index is 1.64. The van der Waals surface area contributed by atoms with Gasteiger partial charge < -0.3 is 5.32 Å². The lowest BCUT2D eigenvalue weighted by molar-refractivity contribution is 0.0936. The molecule has 0 unspecified atom stereocenters. The topological polar surface area (TPSA) is 29.1 Å². The van der Waals surface area contributed by atoms with Gasteiger partial charge in [0.25, 0.3) is 5.91 Å². The van der Waals surface area contributed by atoms with Gasteiger partial charge >= 0.3 is 0 Å². The molecule has 2 atom stereocenters. The minimum Gasteiger partial charge on any atom is -0.345 e. The van der Waals surface area contributed by atoms with E-state index in [0.717, 1.165) is 11.4 Å². The zero-order valence-electron chi connectivity index (χ0n) is 13.7. The smallest absolute Gasteiger partial charge is 0.251 e. The average molecular weight is 348 g/mol.